The van der Waals surface area contributed by atoms with Crippen LogP contribution in [0.3, 0.4) is 0 Å². The molecule has 21 heavy (non-hydrogen) atoms. The number of hydrogen-bond acceptors (Lipinski definition) is 7. The van der Waals surface area contributed by atoms with Crippen molar-refractivity contribution in [1.29, 1.82) is 0 Å². The second-order valence-corrected chi connectivity index (χ2v) is 6.24. The number of rotatable bonds is 8. The molecule has 1 N–H and O–H groups in total. The van der Waals surface area contributed by atoms with E-state index in [0.717, 1.165) is 15.0 Å². The summed E-state index contributed by atoms with van der Waals surface area (Å²) >= 11 is 2.96. The molecule has 0 aliphatic carbocycles. The highest BCUT2D eigenvalue weighted by Crippen LogP contribution is 2.31. The topological polar surface area (TPSA) is 56.3 Å². The van der Waals surface area contributed by atoms with Gasteiger partial charge in [0.25, 0.3) is 0 Å². The first kappa shape index (κ1) is 16.0. The molecule has 0 saturated carbocycles. The maximum Gasteiger partial charge on any atom is 0.206 e. The van der Waals surface area contributed by atoms with Gasteiger partial charge in [-0.25, -0.2) is 4.39 Å². The number of nitrogens with one attached hydrogen (secondary N) is 1. The molecule has 2 aromatic rings. The summed E-state index contributed by atoms with van der Waals surface area (Å²) in [6.07, 6.45) is 0. The van der Waals surface area contributed by atoms with Gasteiger partial charge in [0.2, 0.25) is 5.13 Å². The number of methoxy groups -OCH3 is 2. The third kappa shape index (κ3) is 4.83. The lowest BCUT2D eigenvalue weighted by Gasteiger charge is -2.06. The van der Waals surface area contributed by atoms with E-state index >= 15 is 0 Å². The Hall–Kier alpha value is -1.38. The van der Waals surface area contributed by atoms with Crippen LogP contribution in [0, 0.1) is 5.82 Å². The second-order valence-electron chi connectivity index (χ2n) is 4.04. The molecule has 0 amide bonds. The Morgan fingerprint density at radius 3 is 2.95 bits per heavy atom. The number of ether oxygens (including phenoxy) is 2. The average molecular weight is 329 g/mol. The first-order valence-corrected chi connectivity index (χ1v) is 8.04. The normalized spacial score (nSPS) is 10.6. The SMILES string of the molecule is COCCNc1nnc(SCc2cc(F)ccc2OC)s1. The van der Waals surface area contributed by atoms with E-state index in [2.05, 4.69) is 15.5 Å². The molecular formula is C13H16FN3O2S2. The lowest BCUT2D eigenvalue weighted by Crippen LogP contribution is -2.06. The van der Waals surface area contributed by atoms with E-state index in [1.54, 1.807) is 20.3 Å². The Bertz CT molecular complexity index is 580. The third-order valence-corrected chi connectivity index (χ3v) is 4.65. The Morgan fingerprint density at radius 1 is 1.33 bits per heavy atom. The zero-order valence-corrected chi connectivity index (χ0v) is 13.4. The second kappa shape index (κ2) is 8.16. The molecule has 5 nitrogen and oxygen atoms in total. The van der Waals surface area contributed by atoms with E-state index in [4.69, 9.17) is 9.47 Å². The highest BCUT2D eigenvalue weighted by molar-refractivity contribution is 8.00. The van der Waals surface area contributed by atoms with Crippen molar-refractivity contribution in [2.45, 2.75) is 10.1 Å². The van der Waals surface area contributed by atoms with Gasteiger partial charge >= 0.3 is 0 Å². The van der Waals surface area contributed by atoms with Crippen molar-refractivity contribution in [3.05, 3.63) is 29.6 Å². The van der Waals surface area contributed by atoms with Crippen LogP contribution in [-0.2, 0) is 10.5 Å². The number of benzene rings is 1. The zero-order valence-electron chi connectivity index (χ0n) is 11.8. The predicted molar refractivity (Wildman–Crippen MR) is 82.8 cm³/mol. The summed E-state index contributed by atoms with van der Waals surface area (Å²) in [5.41, 5.74) is 0.798. The summed E-state index contributed by atoms with van der Waals surface area (Å²) in [6, 6.07) is 4.49. The number of nitrogens with zero attached hydrogens (tertiary/aromatic N) is 2. The van der Waals surface area contributed by atoms with E-state index in [-0.39, 0.29) is 5.82 Å². The first-order chi connectivity index (χ1) is 10.2. The number of thioether (sulfide) groups is 1. The standard InChI is InChI=1S/C13H16FN3O2S2/c1-18-6-5-15-12-16-17-13(21-12)20-8-9-7-10(14)3-4-11(9)19-2/h3-4,7H,5-6,8H2,1-2H3,(H,15,16). The Kier molecular flexibility index (Phi) is 6.21. The molecule has 1 heterocycles. The van der Waals surface area contributed by atoms with Gasteiger partial charge in [-0.3, -0.25) is 0 Å². The van der Waals surface area contributed by atoms with Gasteiger partial charge < -0.3 is 14.8 Å². The number of anilines is 1. The van der Waals surface area contributed by atoms with E-state index in [0.29, 0.717) is 24.7 Å². The van der Waals surface area contributed by atoms with E-state index in [1.807, 2.05) is 0 Å². The van der Waals surface area contributed by atoms with Gasteiger partial charge in [-0.05, 0) is 18.2 Å². The van der Waals surface area contributed by atoms with Crippen LogP contribution in [0.5, 0.6) is 5.75 Å². The van der Waals surface area contributed by atoms with Crippen molar-refractivity contribution in [3.63, 3.8) is 0 Å². The molecule has 0 atom stereocenters. The zero-order chi connectivity index (χ0) is 15.1. The van der Waals surface area contributed by atoms with Crippen LogP contribution in [0.2, 0.25) is 0 Å². The van der Waals surface area contributed by atoms with Gasteiger partial charge in [0, 0.05) is 25.0 Å². The average Bonchev–Trinajstić information content (AvgIpc) is 2.93. The van der Waals surface area contributed by atoms with Gasteiger partial charge in [-0.2, -0.15) is 0 Å². The molecule has 0 bridgehead atoms. The van der Waals surface area contributed by atoms with Gasteiger partial charge in [0.15, 0.2) is 4.34 Å². The van der Waals surface area contributed by atoms with Crippen molar-refractivity contribution >= 4 is 28.2 Å². The van der Waals surface area contributed by atoms with Crippen molar-refractivity contribution < 1.29 is 13.9 Å². The molecule has 2 rings (SSSR count). The fourth-order valence-corrected chi connectivity index (χ4v) is 3.35. The van der Waals surface area contributed by atoms with Crippen LogP contribution < -0.4 is 10.1 Å². The van der Waals surface area contributed by atoms with Crippen molar-refractivity contribution in [1.82, 2.24) is 10.2 Å². The molecule has 0 saturated heterocycles. The summed E-state index contributed by atoms with van der Waals surface area (Å²) in [5.74, 6) is 0.977. The summed E-state index contributed by atoms with van der Waals surface area (Å²) in [7, 11) is 3.22. The summed E-state index contributed by atoms with van der Waals surface area (Å²) in [6.45, 7) is 1.30. The van der Waals surface area contributed by atoms with Gasteiger partial charge in [-0.15, -0.1) is 10.2 Å². The summed E-state index contributed by atoms with van der Waals surface area (Å²) in [4.78, 5) is 0. The van der Waals surface area contributed by atoms with Crippen LogP contribution >= 0.6 is 23.1 Å². The maximum absolute atomic E-state index is 13.3. The van der Waals surface area contributed by atoms with Crippen molar-refractivity contribution in [3.8, 4) is 5.75 Å². The lowest BCUT2D eigenvalue weighted by molar-refractivity contribution is 0.211. The Labute approximate surface area is 130 Å². The van der Waals surface area contributed by atoms with Gasteiger partial charge in [0.1, 0.15) is 11.6 Å². The van der Waals surface area contributed by atoms with E-state index in [9.17, 15) is 4.39 Å². The van der Waals surface area contributed by atoms with Crippen LogP contribution in [0.4, 0.5) is 9.52 Å². The molecule has 8 heteroatoms. The number of halogens is 1. The molecular weight excluding hydrogens is 313 g/mol. The van der Waals surface area contributed by atoms with E-state index in [1.165, 1.54) is 35.2 Å². The molecule has 1 aromatic heterocycles. The van der Waals surface area contributed by atoms with Crippen LogP contribution in [0.25, 0.3) is 0 Å². The van der Waals surface area contributed by atoms with Gasteiger partial charge in [0.05, 0.1) is 13.7 Å². The van der Waals surface area contributed by atoms with Crippen molar-refractivity contribution in [2.75, 3.05) is 32.7 Å². The predicted octanol–water partition coefficient (Wildman–Crippen LogP) is 3.04. The van der Waals surface area contributed by atoms with E-state index < -0.39 is 0 Å². The Balaban J connectivity index is 1.92. The van der Waals surface area contributed by atoms with Crippen LogP contribution in [0.1, 0.15) is 5.56 Å². The molecule has 0 radical (unpaired) electrons. The fourth-order valence-electron chi connectivity index (χ4n) is 1.60. The minimum atomic E-state index is -0.273. The molecule has 1 aromatic carbocycles. The summed E-state index contributed by atoms with van der Waals surface area (Å²) in [5, 5.41) is 12.0. The third-order valence-electron chi connectivity index (χ3n) is 2.58. The number of hydrogen-bond donors (Lipinski definition) is 1. The van der Waals surface area contributed by atoms with Crippen LogP contribution in [-0.4, -0.2) is 37.6 Å². The smallest absolute Gasteiger partial charge is 0.206 e. The Morgan fingerprint density at radius 2 is 2.19 bits per heavy atom. The highest BCUT2D eigenvalue weighted by Gasteiger charge is 2.09. The molecule has 0 unspecified atom stereocenters. The quantitative estimate of drug-likeness (QED) is 0.593. The fraction of sp³-hybridized carbons (Fsp3) is 0.385. The lowest BCUT2D eigenvalue weighted by atomic mass is 10.2. The molecule has 114 valence electrons. The summed E-state index contributed by atoms with van der Waals surface area (Å²) < 4.78 is 24.3. The molecule has 0 aliphatic rings. The molecule has 0 spiro atoms. The highest BCUT2D eigenvalue weighted by atomic mass is 32.2. The minimum absolute atomic E-state index is 0.273. The molecule has 0 fully saturated rings. The monoisotopic (exact) mass is 329 g/mol. The number of aromatic nitrogens is 2. The largest absolute Gasteiger partial charge is 0.496 e. The minimum Gasteiger partial charge on any atom is -0.496 e. The van der Waals surface area contributed by atoms with Gasteiger partial charge in [-0.1, -0.05) is 23.1 Å². The molecule has 0 aliphatic heterocycles. The first-order valence-electron chi connectivity index (χ1n) is 6.24. The van der Waals surface area contributed by atoms with Crippen molar-refractivity contribution in [2.24, 2.45) is 0 Å². The maximum atomic E-state index is 13.3. The van der Waals surface area contributed by atoms with Crippen LogP contribution in [0.15, 0.2) is 22.5 Å².